The average molecular weight is 335 g/mol. The van der Waals surface area contributed by atoms with Crippen molar-refractivity contribution in [3.63, 3.8) is 0 Å². The number of benzene rings is 1. The van der Waals surface area contributed by atoms with Crippen LogP contribution < -0.4 is 10.2 Å². The lowest BCUT2D eigenvalue weighted by Gasteiger charge is -2.24. The van der Waals surface area contributed by atoms with Gasteiger partial charge in [0.15, 0.2) is 0 Å². The maximum Gasteiger partial charge on any atom is 0.227 e. The molecule has 1 N–H and O–H groups in total. The molecule has 124 valence electrons. The highest BCUT2D eigenvalue weighted by Crippen LogP contribution is 2.31. The van der Waals surface area contributed by atoms with E-state index in [-0.39, 0.29) is 30.2 Å². The maximum absolute atomic E-state index is 12.5. The largest absolute Gasteiger partial charge is 0.353 e. The molecule has 1 aliphatic carbocycles. The number of nitrogens with one attached hydrogen (secondary N) is 1. The zero-order valence-electron chi connectivity index (χ0n) is 13.5. The molecule has 1 aromatic carbocycles. The standard InChI is InChI=1S/C18H23ClN2O2/c1-12-15(19)8-5-9-16(12)21-11-13(10-17(21)22)18(23)20-14-6-3-2-4-7-14/h5,8-9,13-14H,2-4,6-7,10-11H2,1H3,(H,20,23). The summed E-state index contributed by atoms with van der Waals surface area (Å²) in [6, 6.07) is 5.83. The number of hydrogen-bond acceptors (Lipinski definition) is 2. The van der Waals surface area contributed by atoms with E-state index in [0.717, 1.165) is 24.1 Å². The lowest BCUT2D eigenvalue weighted by Crippen LogP contribution is -2.40. The first-order chi connectivity index (χ1) is 11.1. The van der Waals surface area contributed by atoms with Crippen LogP contribution in [0.2, 0.25) is 5.02 Å². The second-order valence-corrected chi connectivity index (χ2v) is 7.04. The number of carbonyl (C=O) groups excluding carboxylic acids is 2. The van der Waals surface area contributed by atoms with Crippen LogP contribution in [0.4, 0.5) is 5.69 Å². The summed E-state index contributed by atoms with van der Waals surface area (Å²) >= 11 is 6.15. The monoisotopic (exact) mass is 334 g/mol. The summed E-state index contributed by atoms with van der Waals surface area (Å²) in [5.41, 5.74) is 1.70. The molecule has 1 heterocycles. The fraction of sp³-hybridized carbons (Fsp3) is 0.556. The Hall–Kier alpha value is -1.55. The molecule has 0 radical (unpaired) electrons. The fourth-order valence-electron chi connectivity index (χ4n) is 3.57. The van der Waals surface area contributed by atoms with Gasteiger partial charge in [-0.3, -0.25) is 9.59 Å². The molecule has 23 heavy (non-hydrogen) atoms. The summed E-state index contributed by atoms with van der Waals surface area (Å²) in [6.07, 6.45) is 6.03. The first kappa shape index (κ1) is 16.3. The van der Waals surface area contributed by atoms with Gasteiger partial charge in [-0.05, 0) is 37.5 Å². The van der Waals surface area contributed by atoms with Crippen LogP contribution >= 0.6 is 11.6 Å². The van der Waals surface area contributed by atoms with Crippen molar-refractivity contribution in [3.05, 3.63) is 28.8 Å². The molecule has 1 saturated heterocycles. The van der Waals surface area contributed by atoms with Crippen LogP contribution in [0, 0.1) is 12.8 Å². The van der Waals surface area contributed by atoms with Gasteiger partial charge in [0.05, 0.1) is 5.92 Å². The van der Waals surface area contributed by atoms with Crippen molar-refractivity contribution in [3.8, 4) is 0 Å². The third-order valence-corrected chi connectivity index (χ3v) is 5.39. The Kier molecular flexibility index (Phi) is 4.90. The third kappa shape index (κ3) is 3.52. The Bertz CT molecular complexity index is 611. The summed E-state index contributed by atoms with van der Waals surface area (Å²) in [7, 11) is 0. The normalized spacial score (nSPS) is 22.4. The average Bonchev–Trinajstić information content (AvgIpc) is 2.93. The van der Waals surface area contributed by atoms with E-state index in [9.17, 15) is 9.59 Å². The van der Waals surface area contributed by atoms with E-state index in [1.807, 2.05) is 25.1 Å². The number of rotatable bonds is 3. The second-order valence-electron chi connectivity index (χ2n) is 6.63. The van der Waals surface area contributed by atoms with Gasteiger partial charge in [0.25, 0.3) is 0 Å². The highest BCUT2D eigenvalue weighted by atomic mass is 35.5. The minimum absolute atomic E-state index is 0.000777. The number of carbonyl (C=O) groups is 2. The molecule has 3 rings (SSSR count). The number of halogens is 1. The van der Waals surface area contributed by atoms with E-state index >= 15 is 0 Å². The van der Waals surface area contributed by atoms with E-state index in [0.29, 0.717) is 11.6 Å². The van der Waals surface area contributed by atoms with E-state index in [1.165, 1.54) is 19.3 Å². The molecule has 1 saturated carbocycles. The molecule has 0 bridgehead atoms. The highest BCUT2D eigenvalue weighted by molar-refractivity contribution is 6.31. The quantitative estimate of drug-likeness (QED) is 0.920. The number of amides is 2. The predicted molar refractivity (Wildman–Crippen MR) is 91.7 cm³/mol. The zero-order valence-corrected chi connectivity index (χ0v) is 14.2. The molecule has 1 unspecified atom stereocenters. The Labute approximate surface area is 142 Å². The molecular formula is C18H23ClN2O2. The number of nitrogens with zero attached hydrogens (tertiary/aromatic N) is 1. The van der Waals surface area contributed by atoms with Crippen LogP contribution in [-0.2, 0) is 9.59 Å². The van der Waals surface area contributed by atoms with Crippen molar-refractivity contribution in [2.24, 2.45) is 5.92 Å². The summed E-state index contributed by atoms with van der Waals surface area (Å²) in [5.74, 6) is -0.241. The van der Waals surface area contributed by atoms with Gasteiger partial charge in [-0.25, -0.2) is 0 Å². The molecule has 1 aliphatic heterocycles. The van der Waals surface area contributed by atoms with Gasteiger partial charge >= 0.3 is 0 Å². The zero-order chi connectivity index (χ0) is 16.4. The first-order valence-corrected chi connectivity index (χ1v) is 8.80. The van der Waals surface area contributed by atoms with Crippen molar-refractivity contribution < 1.29 is 9.59 Å². The van der Waals surface area contributed by atoms with Crippen LogP contribution in [0.3, 0.4) is 0 Å². The minimum atomic E-state index is -0.261. The SMILES string of the molecule is Cc1c(Cl)cccc1N1CC(C(=O)NC2CCCCC2)CC1=O. The fourth-order valence-corrected chi connectivity index (χ4v) is 3.74. The van der Waals surface area contributed by atoms with Gasteiger partial charge in [-0.2, -0.15) is 0 Å². The summed E-state index contributed by atoms with van der Waals surface area (Å²) in [4.78, 5) is 26.5. The molecule has 2 amide bonds. The van der Waals surface area contributed by atoms with Gasteiger partial charge in [0, 0.05) is 29.7 Å². The van der Waals surface area contributed by atoms with E-state index in [1.54, 1.807) is 4.90 Å². The Morgan fingerprint density at radius 1 is 1.26 bits per heavy atom. The summed E-state index contributed by atoms with van der Waals surface area (Å²) in [6.45, 7) is 2.35. The molecule has 0 spiro atoms. The Morgan fingerprint density at radius 2 is 2.00 bits per heavy atom. The molecular weight excluding hydrogens is 312 g/mol. The molecule has 5 heteroatoms. The van der Waals surface area contributed by atoms with Crippen molar-refractivity contribution in [1.82, 2.24) is 5.32 Å². The van der Waals surface area contributed by atoms with Crippen LogP contribution in [0.1, 0.15) is 44.1 Å². The van der Waals surface area contributed by atoms with Crippen molar-refractivity contribution in [2.75, 3.05) is 11.4 Å². The summed E-state index contributed by atoms with van der Waals surface area (Å²) < 4.78 is 0. The highest BCUT2D eigenvalue weighted by Gasteiger charge is 2.36. The molecule has 1 atom stereocenters. The van der Waals surface area contributed by atoms with Crippen LogP contribution in [-0.4, -0.2) is 24.4 Å². The minimum Gasteiger partial charge on any atom is -0.353 e. The Balaban J connectivity index is 1.67. The lowest BCUT2D eigenvalue weighted by molar-refractivity contribution is -0.127. The van der Waals surface area contributed by atoms with Gasteiger partial charge in [0.1, 0.15) is 0 Å². The van der Waals surface area contributed by atoms with Crippen LogP contribution in [0.15, 0.2) is 18.2 Å². The lowest BCUT2D eigenvalue weighted by atomic mass is 9.95. The van der Waals surface area contributed by atoms with Crippen molar-refractivity contribution in [1.29, 1.82) is 0 Å². The number of hydrogen-bond donors (Lipinski definition) is 1. The van der Waals surface area contributed by atoms with Crippen LogP contribution in [0.5, 0.6) is 0 Å². The van der Waals surface area contributed by atoms with Gasteiger partial charge in [0.2, 0.25) is 11.8 Å². The first-order valence-electron chi connectivity index (χ1n) is 8.42. The maximum atomic E-state index is 12.5. The van der Waals surface area contributed by atoms with E-state index < -0.39 is 0 Å². The second kappa shape index (κ2) is 6.91. The van der Waals surface area contributed by atoms with Crippen LogP contribution in [0.25, 0.3) is 0 Å². The van der Waals surface area contributed by atoms with Crippen molar-refractivity contribution >= 4 is 29.1 Å². The molecule has 2 fully saturated rings. The van der Waals surface area contributed by atoms with Gasteiger partial charge < -0.3 is 10.2 Å². The third-order valence-electron chi connectivity index (χ3n) is 4.98. The van der Waals surface area contributed by atoms with E-state index in [4.69, 9.17) is 11.6 Å². The van der Waals surface area contributed by atoms with E-state index in [2.05, 4.69) is 5.32 Å². The molecule has 0 aromatic heterocycles. The van der Waals surface area contributed by atoms with Gasteiger partial charge in [-0.1, -0.05) is 36.9 Å². The smallest absolute Gasteiger partial charge is 0.227 e. The van der Waals surface area contributed by atoms with Crippen molar-refractivity contribution in [2.45, 2.75) is 51.5 Å². The van der Waals surface area contributed by atoms with Gasteiger partial charge in [-0.15, -0.1) is 0 Å². The topological polar surface area (TPSA) is 49.4 Å². The predicted octanol–water partition coefficient (Wildman–Crippen LogP) is 3.45. The Morgan fingerprint density at radius 3 is 2.74 bits per heavy atom. The number of anilines is 1. The summed E-state index contributed by atoms with van der Waals surface area (Å²) in [5, 5.41) is 3.78. The molecule has 2 aliphatic rings. The molecule has 4 nitrogen and oxygen atoms in total. The molecule has 1 aromatic rings.